The average Bonchev–Trinajstić information content (AvgIpc) is 2.63. The first-order chi connectivity index (χ1) is 12.5. The molecule has 0 radical (unpaired) electrons. The molecule has 1 fully saturated rings. The topological polar surface area (TPSA) is 35.6 Å². The third-order valence-corrected chi connectivity index (χ3v) is 5.83. The van der Waals surface area contributed by atoms with Crippen LogP contribution in [0.4, 0.5) is 11.4 Å². The highest BCUT2D eigenvalue weighted by Gasteiger charge is 2.20. The number of carbonyl (C=O) groups is 1. The normalized spacial score (nSPS) is 16.3. The van der Waals surface area contributed by atoms with Crippen molar-refractivity contribution in [3.05, 3.63) is 53.6 Å². The van der Waals surface area contributed by atoms with Crippen molar-refractivity contribution >= 4 is 40.6 Å². The number of hydrogen-bond donors (Lipinski definition) is 1. The van der Waals surface area contributed by atoms with Crippen molar-refractivity contribution in [2.24, 2.45) is 0 Å². The molecule has 0 saturated carbocycles. The van der Waals surface area contributed by atoms with Crippen LogP contribution in [0.15, 0.2) is 53.4 Å². The first-order valence-electron chi connectivity index (χ1n) is 8.78. The number of thioether (sulfide) groups is 1. The fourth-order valence-corrected chi connectivity index (χ4v) is 3.98. The molecule has 2 aromatic carbocycles. The first kappa shape index (κ1) is 19.1. The second kappa shape index (κ2) is 8.80. The molecular weight excluding hydrogens is 366 g/mol. The Morgan fingerprint density at radius 1 is 1.12 bits per heavy atom. The van der Waals surface area contributed by atoms with Crippen LogP contribution in [0, 0.1) is 0 Å². The lowest BCUT2D eigenvalue weighted by Crippen LogP contribution is -2.44. The Bertz CT molecular complexity index is 748. The van der Waals surface area contributed by atoms with Gasteiger partial charge in [-0.05, 0) is 44.3 Å². The van der Waals surface area contributed by atoms with E-state index in [9.17, 15) is 4.79 Å². The predicted molar refractivity (Wildman–Crippen MR) is 112 cm³/mol. The monoisotopic (exact) mass is 389 g/mol. The number of hydrogen-bond acceptors (Lipinski definition) is 4. The van der Waals surface area contributed by atoms with Gasteiger partial charge in [0, 0.05) is 36.1 Å². The van der Waals surface area contributed by atoms with Crippen molar-refractivity contribution in [2.45, 2.75) is 17.1 Å². The number of carbonyl (C=O) groups excluding carboxylic acids is 1. The van der Waals surface area contributed by atoms with Crippen molar-refractivity contribution in [1.82, 2.24) is 4.90 Å². The molecule has 1 aliphatic heterocycles. The molecule has 2 aromatic rings. The minimum Gasteiger partial charge on any atom is -0.367 e. The summed E-state index contributed by atoms with van der Waals surface area (Å²) >= 11 is 7.74. The third kappa shape index (κ3) is 4.93. The summed E-state index contributed by atoms with van der Waals surface area (Å²) in [5.41, 5.74) is 1.82. The third-order valence-electron chi connectivity index (χ3n) is 4.49. The van der Waals surface area contributed by atoms with Crippen molar-refractivity contribution < 1.29 is 4.79 Å². The van der Waals surface area contributed by atoms with Gasteiger partial charge in [-0.15, -0.1) is 11.8 Å². The second-order valence-corrected chi connectivity index (χ2v) is 8.36. The van der Waals surface area contributed by atoms with Gasteiger partial charge in [0.05, 0.1) is 16.6 Å². The van der Waals surface area contributed by atoms with Crippen LogP contribution in [0.5, 0.6) is 0 Å². The van der Waals surface area contributed by atoms with E-state index >= 15 is 0 Å². The van der Waals surface area contributed by atoms with Crippen LogP contribution < -0.4 is 10.2 Å². The molecule has 1 amide bonds. The highest BCUT2D eigenvalue weighted by Crippen LogP contribution is 2.31. The van der Waals surface area contributed by atoms with Crippen LogP contribution in [0.1, 0.15) is 6.92 Å². The predicted octanol–water partition coefficient (Wildman–Crippen LogP) is 4.21. The van der Waals surface area contributed by atoms with Gasteiger partial charge in [-0.3, -0.25) is 4.79 Å². The molecule has 1 heterocycles. The van der Waals surface area contributed by atoms with E-state index in [1.807, 2.05) is 55.5 Å². The molecule has 0 spiro atoms. The van der Waals surface area contributed by atoms with Crippen LogP contribution in [-0.2, 0) is 4.79 Å². The first-order valence-corrected chi connectivity index (χ1v) is 10.0. The molecule has 0 bridgehead atoms. The van der Waals surface area contributed by atoms with E-state index in [1.165, 1.54) is 0 Å². The zero-order valence-electron chi connectivity index (χ0n) is 15.1. The van der Waals surface area contributed by atoms with Gasteiger partial charge < -0.3 is 15.1 Å². The smallest absolute Gasteiger partial charge is 0.237 e. The number of benzene rings is 2. The van der Waals surface area contributed by atoms with E-state index in [4.69, 9.17) is 11.6 Å². The fraction of sp³-hybridized carbons (Fsp3) is 0.350. The quantitative estimate of drug-likeness (QED) is 0.777. The van der Waals surface area contributed by atoms with E-state index in [1.54, 1.807) is 11.8 Å². The Morgan fingerprint density at radius 3 is 2.50 bits per heavy atom. The zero-order chi connectivity index (χ0) is 18.5. The van der Waals surface area contributed by atoms with Gasteiger partial charge in [0.25, 0.3) is 0 Å². The lowest BCUT2D eigenvalue weighted by molar-refractivity contribution is -0.115. The van der Waals surface area contributed by atoms with Gasteiger partial charge in [-0.1, -0.05) is 29.8 Å². The standard InChI is InChI=1S/C20H24ClN3OS/c1-15(26-17-6-4-3-5-7-17)20(25)22-18-14-16(21)8-9-19(18)24-12-10-23(2)11-13-24/h3-9,14-15H,10-13H2,1-2H3,(H,22,25). The molecule has 1 aliphatic rings. The van der Waals surface area contributed by atoms with Gasteiger partial charge in [0.15, 0.2) is 0 Å². The van der Waals surface area contributed by atoms with Crippen molar-refractivity contribution in [3.8, 4) is 0 Å². The Morgan fingerprint density at radius 2 is 1.81 bits per heavy atom. The number of likely N-dealkylation sites (N-methyl/N-ethyl adjacent to an activating group) is 1. The molecule has 4 nitrogen and oxygen atoms in total. The number of nitrogens with one attached hydrogen (secondary N) is 1. The van der Waals surface area contributed by atoms with Gasteiger partial charge in [0.1, 0.15) is 0 Å². The number of anilines is 2. The summed E-state index contributed by atoms with van der Waals surface area (Å²) in [5.74, 6) is -0.0171. The van der Waals surface area contributed by atoms with Gasteiger partial charge in [0.2, 0.25) is 5.91 Å². The Kier molecular flexibility index (Phi) is 6.46. The Labute approximate surface area is 164 Å². The maximum absolute atomic E-state index is 12.7. The van der Waals surface area contributed by atoms with Gasteiger partial charge >= 0.3 is 0 Å². The molecular formula is C20H24ClN3OS. The molecule has 0 aromatic heterocycles. The van der Waals surface area contributed by atoms with Crippen LogP contribution in [0.2, 0.25) is 5.02 Å². The molecule has 26 heavy (non-hydrogen) atoms. The van der Waals surface area contributed by atoms with Crippen LogP contribution >= 0.6 is 23.4 Å². The van der Waals surface area contributed by atoms with E-state index in [-0.39, 0.29) is 11.2 Å². The SMILES string of the molecule is CC(Sc1ccccc1)C(=O)Nc1cc(Cl)ccc1N1CCN(C)CC1. The van der Waals surface area contributed by atoms with Crippen LogP contribution in [-0.4, -0.2) is 49.3 Å². The zero-order valence-corrected chi connectivity index (χ0v) is 16.7. The Hall–Kier alpha value is -1.69. The molecule has 1 atom stereocenters. The van der Waals surface area contributed by atoms with Crippen LogP contribution in [0.25, 0.3) is 0 Å². The van der Waals surface area contributed by atoms with E-state index < -0.39 is 0 Å². The lowest BCUT2D eigenvalue weighted by atomic mass is 10.2. The summed E-state index contributed by atoms with van der Waals surface area (Å²) in [6.07, 6.45) is 0. The van der Waals surface area contributed by atoms with Crippen molar-refractivity contribution in [3.63, 3.8) is 0 Å². The summed E-state index contributed by atoms with van der Waals surface area (Å²) in [7, 11) is 2.13. The lowest BCUT2D eigenvalue weighted by Gasteiger charge is -2.35. The maximum atomic E-state index is 12.7. The number of halogens is 1. The summed E-state index contributed by atoms with van der Waals surface area (Å²) in [4.78, 5) is 18.4. The summed E-state index contributed by atoms with van der Waals surface area (Å²) in [6, 6.07) is 15.7. The summed E-state index contributed by atoms with van der Waals surface area (Å²) < 4.78 is 0. The molecule has 6 heteroatoms. The number of amides is 1. The van der Waals surface area contributed by atoms with Gasteiger partial charge in [-0.2, -0.15) is 0 Å². The second-order valence-electron chi connectivity index (χ2n) is 6.51. The fourth-order valence-electron chi connectivity index (χ4n) is 2.92. The largest absolute Gasteiger partial charge is 0.367 e. The number of nitrogens with zero attached hydrogens (tertiary/aromatic N) is 2. The van der Waals surface area contributed by atoms with Crippen molar-refractivity contribution in [1.29, 1.82) is 0 Å². The highest BCUT2D eigenvalue weighted by molar-refractivity contribution is 8.00. The molecule has 1 saturated heterocycles. The number of rotatable bonds is 5. The van der Waals surface area contributed by atoms with E-state index in [0.29, 0.717) is 5.02 Å². The number of piperazine rings is 1. The molecule has 1 N–H and O–H groups in total. The van der Waals surface area contributed by atoms with Gasteiger partial charge in [-0.25, -0.2) is 0 Å². The summed E-state index contributed by atoms with van der Waals surface area (Å²) in [6.45, 7) is 5.82. The average molecular weight is 390 g/mol. The highest BCUT2D eigenvalue weighted by atomic mass is 35.5. The minimum absolute atomic E-state index is 0.0171. The molecule has 0 aliphatic carbocycles. The molecule has 1 unspecified atom stereocenters. The molecule has 3 rings (SSSR count). The van der Waals surface area contributed by atoms with Crippen molar-refractivity contribution in [2.75, 3.05) is 43.4 Å². The molecule has 138 valence electrons. The van der Waals surface area contributed by atoms with E-state index in [2.05, 4.69) is 22.2 Å². The minimum atomic E-state index is -0.197. The van der Waals surface area contributed by atoms with E-state index in [0.717, 1.165) is 42.4 Å². The Balaban J connectivity index is 1.72. The maximum Gasteiger partial charge on any atom is 0.237 e. The summed E-state index contributed by atoms with van der Waals surface area (Å²) in [5, 5.41) is 3.51. The van der Waals surface area contributed by atoms with Crippen LogP contribution in [0.3, 0.4) is 0 Å².